The molecule has 2 unspecified atom stereocenters. The Hall–Kier alpha value is -1.75. The lowest BCUT2D eigenvalue weighted by molar-refractivity contribution is -0.123. The van der Waals surface area contributed by atoms with Gasteiger partial charge in [-0.05, 0) is 24.1 Å². The van der Waals surface area contributed by atoms with Gasteiger partial charge in [-0.25, -0.2) is 0 Å². The van der Waals surface area contributed by atoms with Crippen LogP contribution in [0.15, 0.2) is 18.2 Å². The van der Waals surface area contributed by atoms with Gasteiger partial charge in [-0.1, -0.05) is 0 Å². The first-order chi connectivity index (χ1) is 8.63. The molecule has 2 atom stereocenters. The van der Waals surface area contributed by atoms with Crippen LogP contribution in [0.3, 0.4) is 0 Å². The van der Waals surface area contributed by atoms with Crippen molar-refractivity contribution >= 4 is 5.91 Å². The van der Waals surface area contributed by atoms with E-state index < -0.39 is 0 Å². The molecule has 1 fully saturated rings. The van der Waals surface area contributed by atoms with Crippen LogP contribution in [0, 0.1) is 0 Å². The van der Waals surface area contributed by atoms with Crippen molar-refractivity contribution in [3.63, 3.8) is 0 Å². The number of methoxy groups -OCH3 is 2. The van der Waals surface area contributed by atoms with Gasteiger partial charge in [0.05, 0.1) is 20.3 Å². The Bertz CT molecular complexity index is 426. The van der Waals surface area contributed by atoms with Crippen LogP contribution >= 0.6 is 0 Å². The van der Waals surface area contributed by atoms with E-state index in [0.29, 0.717) is 24.3 Å². The number of nitrogens with one attached hydrogen (secondary N) is 1. The molecular formula is C13H18N2O3. The molecule has 0 aromatic heterocycles. The second kappa shape index (κ2) is 5.27. The van der Waals surface area contributed by atoms with Gasteiger partial charge in [0.1, 0.15) is 11.5 Å². The van der Waals surface area contributed by atoms with Crippen molar-refractivity contribution in [3.8, 4) is 11.5 Å². The maximum atomic E-state index is 11.5. The maximum absolute atomic E-state index is 11.5. The number of hydrogen-bond donors (Lipinski definition) is 2. The van der Waals surface area contributed by atoms with Crippen molar-refractivity contribution in [2.24, 2.45) is 5.73 Å². The molecule has 0 aliphatic carbocycles. The third-order valence-corrected chi connectivity index (χ3v) is 3.18. The summed E-state index contributed by atoms with van der Waals surface area (Å²) < 4.78 is 10.4. The standard InChI is InChI=1S/C13H18N2O3/c1-17-9-5-8(6-10(7-9)18-2)13-11(14)3-4-12(16)15-13/h5-7,11,13H,3-4,14H2,1-2H3,(H,15,16). The molecule has 1 heterocycles. The average molecular weight is 250 g/mol. The Morgan fingerprint density at radius 1 is 1.22 bits per heavy atom. The third kappa shape index (κ3) is 2.56. The van der Waals surface area contributed by atoms with Crippen molar-refractivity contribution in [1.82, 2.24) is 5.32 Å². The van der Waals surface area contributed by atoms with Gasteiger partial charge in [0.15, 0.2) is 0 Å². The minimum Gasteiger partial charge on any atom is -0.497 e. The molecule has 2 rings (SSSR count). The Balaban J connectivity index is 2.33. The predicted octanol–water partition coefficient (Wildman–Crippen LogP) is 0.982. The van der Waals surface area contributed by atoms with Gasteiger partial charge >= 0.3 is 0 Å². The van der Waals surface area contributed by atoms with E-state index in [1.165, 1.54) is 0 Å². The Labute approximate surface area is 106 Å². The van der Waals surface area contributed by atoms with E-state index >= 15 is 0 Å². The molecule has 5 nitrogen and oxygen atoms in total. The van der Waals surface area contributed by atoms with Crippen molar-refractivity contribution in [3.05, 3.63) is 23.8 Å². The molecule has 98 valence electrons. The van der Waals surface area contributed by atoms with Crippen LogP contribution in [0.25, 0.3) is 0 Å². The summed E-state index contributed by atoms with van der Waals surface area (Å²) in [7, 11) is 3.19. The minimum absolute atomic E-state index is 0.0310. The van der Waals surface area contributed by atoms with Gasteiger partial charge < -0.3 is 20.5 Å². The Morgan fingerprint density at radius 3 is 2.39 bits per heavy atom. The molecule has 0 bridgehead atoms. The summed E-state index contributed by atoms with van der Waals surface area (Å²) in [5, 5.41) is 2.91. The summed E-state index contributed by atoms with van der Waals surface area (Å²) in [5.41, 5.74) is 6.97. The Kier molecular flexibility index (Phi) is 3.72. The van der Waals surface area contributed by atoms with Crippen LogP contribution in [-0.4, -0.2) is 26.2 Å². The summed E-state index contributed by atoms with van der Waals surface area (Å²) in [6, 6.07) is 5.27. The molecule has 1 aromatic rings. The first kappa shape index (κ1) is 12.7. The van der Waals surface area contributed by atoms with E-state index in [0.717, 1.165) is 5.56 Å². The maximum Gasteiger partial charge on any atom is 0.220 e. The highest BCUT2D eigenvalue weighted by atomic mass is 16.5. The lowest BCUT2D eigenvalue weighted by atomic mass is 9.92. The van der Waals surface area contributed by atoms with Crippen LogP contribution in [0.1, 0.15) is 24.4 Å². The third-order valence-electron chi connectivity index (χ3n) is 3.18. The average Bonchev–Trinajstić information content (AvgIpc) is 2.40. The highest BCUT2D eigenvalue weighted by Gasteiger charge is 2.27. The molecule has 1 aromatic carbocycles. The molecule has 1 saturated heterocycles. The number of piperidine rings is 1. The molecule has 18 heavy (non-hydrogen) atoms. The van der Waals surface area contributed by atoms with E-state index in [2.05, 4.69) is 5.32 Å². The molecule has 0 saturated carbocycles. The van der Waals surface area contributed by atoms with Crippen molar-refractivity contribution in [2.45, 2.75) is 24.9 Å². The Morgan fingerprint density at radius 2 is 1.83 bits per heavy atom. The second-order valence-electron chi connectivity index (χ2n) is 4.39. The highest BCUT2D eigenvalue weighted by Crippen LogP contribution is 2.30. The van der Waals surface area contributed by atoms with E-state index in [9.17, 15) is 4.79 Å². The number of nitrogens with two attached hydrogens (primary N) is 1. The number of amides is 1. The second-order valence-corrected chi connectivity index (χ2v) is 4.39. The lowest BCUT2D eigenvalue weighted by Crippen LogP contribution is -2.45. The molecule has 5 heteroatoms. The van der Waals surface area contributed by atoms with Gasteiger partial charge in [0, 0.05) is 18.5 Å². The normalized spacial score (nSPS) is 23.4. The van der Waals surface area contributed by atoms with Gasteiger partial charge in [-0.3, -0.25) is 4.79 Å². The molecule has 1 amide bonds. The van der Waals surface area contributed by atoms with E-state index in [-0.39, 0.29) is 18.0 Å². The summed E-state index contributed by atoms with van der Waals surface area (Å²) in [5.74, 6) is 1.41. The van der Waals surface area contributed by atoms with E-state index in [1.54, 1.807) is 20.3 Å². The fraction of sp³-hybridized carbons (Fsp3) is 0.462. The zero-order chi connectivity index (χ0) is 13.1. The van der Waals surface area contributed by atoms with Gasteiger partial charge in [-0.15, -0.1) is 0 Å². The van der Waals surface area contributed by atoms with Gasteiger partial charge in [0.25, 0.3) is 0 Å². The first-order valence-electron chi connectivity index (χ1n) is 5.92. The molecule has 1 aliphatic heterocycles. The monoisotopic (exact) mass is 250 g/mol. The summed E-state index contributed by atoms with van der Waals surface area (Å²) in [6.07, 6.45) is 1.18. The number of carbonyl (C=O) groups excluding carboxylic acids is 1. The van der Waals surface area contributed by atoms with Gasteiger partial charge in [-0.2, -0.15) is 0 Å². The number of benzene rings is 1. The molecule has 3 N–H and O–H groups in total. The molecule has 0 radical (unpaired) electrons. The predicted molar refractivity (Wildman–Crippen MR) is 67.6 cm³/mol. The lowest BCUT2D eigenvalue weighted by Gasteiger charge is -2.30. The summed E-state index contributed by atoms with van der Waals surface area (Å²) >= 11 is 0. The highest BCUT2D eigenvalue weighted by molar-refractivity contribution is 5.77. The summed E-state index contributed by atoms with van der Waals surface area (Å²) in [6.45, 7) is 0. The van der Waals surface area contributed by atoms with Crippen molar-refractivity contribution in [1.29, 1.82) is 0 Å². The largest absolute Gasteiger partial charge is 0.497 e. The molecular weight excluding hydrogens is 232 g/mol. The van der Waals surface area contributed by atoms with Gasteiger partial charge in [0.2, 0.25) is 5.91 Å². The van der Waals surface area contributed by atoms with Crippen LogP contribution in [0.4, 0.5) is 0 Å². The molecule has 0 spiro atoms. The summed E-state index contributed by atoms with van der Waals surface area (Å²) in [4.78, 5) is 11.5. The zero-order valence-electron chi connectivity index (χ0n) is 10.6. The molecule has 1 aliphatic rings. The van der Waals surface area contributed by atoms with Crippen LogP contribution in [0.5, 0.6) is 11.5 Å². The van der Waals surface area contributed by atoms with Crippen molar-refractivity contribution < 1.29 is 14.3 Å². The topological polar surface area (TPSA) is 73.6 Å². The first-order valence-corrected chi connectivity index (χ1v) is 5.92. The van der Waals surface area contributed by atoms with E-state index in [1.807, 2.05) is 12.1 Å². The number of hydrogen-bond acceptors (Lipinski definition) is 4. The fourth-order valence-electron chi connectivity index (χ4n) is 2.16. The van der Waals surface area contributed by atoms with Crippen LogP contribution in [-0.2, 0) is 4.79 Å². The number of rotatable bonds is 3. The SMILES string of the molecule is COc1cc(OC)cc(C2NC(=O)CCC2N)c1. The van der Waals surface area contributed by atoms with Crippen LogP contribution < -0.4 is 20.5 Å². The fourth-order valence-corrected chi connectivity index (χ4v) is 2.16. The zero-order valence-corrected chi connectivity index (χ0v) is 10.6. The minimum atomic E-state index is -0.185. The quantitative estimate of drug-likeness (QED) is 0.838. The van der Waals surface area contributed by atoms with Crippen molar-refractivity contribution in [2.75, 3.05) is 14.2 Å². The van der Waals surface area contributed by atoms with Crippen LogP contribution in [0.2, 0.25) is 0 Å². The van der Waals surface area contributed by atoms with E-state index in [4.69, 9.17) is 15.2 Å². The number of ether oxygens (including phenoxy) is 2. The smallest absolute Gasteiger partial charge is 0.220 e. The number of carbonyl (C=O) groups is 1.